The highest BCUT2D eigenvalue weighted by Gasteiger charge is 2.30. The van der Waals surface area contributed by atoms with Crippen molar-refractivity contribution in [2.75, 3.05) is 19.8 Å². The Morgan fingerprint density at radius 3 is 2.57 bits per heavy atom. The highest BCUT2D eigenvalue weighted by Crippen LogP contribution is 2.39. The molecule has 1 aromatic carbocycles. The van der Waals surface area contributed by atoms with Gasteiger partial charge in [-0.05, 0) is 38.5 Å². The molecule has 0 radical (unpaired) electrons. The van der Waals surface area contributed by atoms with Crippen LogP contribution in [-0.2, 0) is 15.2 Å². The third kappa shape index (κ3) is 3.15. The average molecular weight is 296 g/mol. The summed E-state index contributed by atoms with van der Waals surface area (Å²) in [6, 6.07) is 2.79. The first-order chi connectivity index (χ1) is 9.84. The van der Waals surface area contributed by atoms with Crippen molar-refractivity contribution in [3.8, 4) is 11.5 Å². The Bertz CT molecular complexity index is 574. The van der Waals surface area contributed by atoms with Gasteiger partial charge in [0.15, 0.2) is 11.5 Å². The number of esters is 1. The fourth-order valence-electron chi connectivity index (χ4n) is 1.97. The van der Waals surface area contributed by atoms with E-state index in [9.17, 15) is 14.0 Å². The van der Waals surface area contributed by atoms with Gasteiger partial charge in [-0.3, -0.25) is 4.79 Å². The van der Waals surface area contributed by atoms with E-state index in [-0.39, 0.29) is 35.8 Å². The number of carbonyl (C=O) groups excluding carboxylic acids is 2. The molecular formula is C15H17FO5. The van der Waals surface area contributed by atoms with Crippen LogP contribution < -0.4 is 9.47 Å². The third-order valence-electron chi connectivity index (χ3n) is 3.03. The predicted octanol–water partition coefficient (Wildman–Crippen LogP) is 2.41. The van der Waals surface area contributed by atoms with Gasteiger partial charge in [0.25, 0.3) is 5.78 Å². The van der Waals surface area contributed by atoms with Gasteiger partial charge in [-0.15, -0.1) is 0 Å². The van der Waals surface area contributed by atoms with Crippen LogP contribution in [0, 0.1) is 0 Å². The summed E-state index contributed by atoms with van der Waals surface area (Å²) >= 11 is 0. The maximum absolute atomic E-state index is 14.2. The summed E-state index contributed by atoms with van der Waals surface area (Å²) < 4.78 is 29.6. The Morgan fingerprint density at radius 1 is 1.29 bits per heavy atom. The topological polar surface area (TPSA) is 61.8 Å². The molecule has 0 saturated carbocycles. The highest BCUT2D eigenvalue weighted by molar-refractivity contribution is 6.41. The second kappa shape index (κ2) is 5.71. The number of halogens is 1. The predicted molar refractivity (Wildman–Crippen MR) is 72.5 cm³/mol. The standard InChI is InChI=1S/C15H17FO5/c1-4-19-14(18)12(17)10-7-9(15(2,3)16)8-11-13(10)21-6-5-20-11/h7-8H,4-6H2,1-3H3. The fourth-order valence-corrected chi connectivity index (χ4v) is 1.97. The Balaban J connectivity index is 2.52. The summed E-state index contributed by atoms with van der Waals surface area (Å²) in [4.78, 5) is 23.8. The van der Waals surface area contributed by atoms with Crippen LogP contribution in [0.5, 0.6) is 11.5 Å². The molecular weight excluding hydrogens is 279 g/mol. The normalized spacial score (nSPS) is 13.7. The molecule has 0 aliphatic carbocycles. The van der Waals surface area contributed by atoms with Gasteiger partial charge in [-0.25, -0.2) is 9.18 Å². The summed E-state index contributed by atoms with van der Waals surface area (Å²) in [5.41, 5.74) is -1.48. The number of ether oxygens (including phenoxy) is 3. The van der Waals surface area contributed by atoms with Crippen molar-refractivity contribution in [3.05, 3.63) is 23.3 Å². The van der Waals surface area contributed by atoms with Crippen LogP contribution in [-0.4, -0.2) is 31.6 Å². The first kappa shape index (κ1) is 15.3. The number of Topliss-reactive ketones (excluding diaryl/α,β-unsaturated/α-hetero) is 1. The lowest BCUT2D eigenvalue weighted by Gasteiger charge is -2.24. The molecule has 1 aliphatic heterocycles. The van der Waals surface area contributed by atoms with Crippen molar-refractivity contribution in [1.82, 2.24) is 0 Å². The second-order valence-electron chi connectivity index (χ2n) is 5.07. The average Bonchev–Trinajstić information content (AvgIpc) is 2.44. The van der Waals surface area contributed by atoms with Crippen molar-refractivity contribution in [2.24, 2.45) is 0 Å². The molecule has 114 valence electrons. The lowest BCUT2D eigenvalue weighted by molar-refractivity contribution is -0.137. The molecule has 1 aliphatic rings. The molecule has 0 spiro atoms. The van der Waals surface area contributed by atoms with Crippen molar-refractivity contribution in [3.63, 3.8) is 0 Å². The molecule has 0 unspecified atom stereocenters. The molecule has 0 aromatic heterocycles. The zero-order valence-corrected chi connectivity index (χ0v) is 12.2. The molecule has 0 saturated heterocycles. The van der Waals surface area contributed by atoms with Crippen LogP contribution in [0.3, 0.4) is 0 Å². The number of alkyl halides is 1. The highest BCUT2D eigenvalue weighted by atomic mass is 19.1. The number of benzene rings is 1. The van der Waals surface area contributed by atoms with E-state index in [2.05, 4.69) is 0 Å². The maximum Gasteiger partial charge on any atom is 0.379 e. The first-order valence-corrected chi connectivity index (χ1v) is 6.69. The number of rotatable bonds is 4. The first-order valence-electron chi connectivity index (χ1n) is 6.69. The molecule has 0 amide bonds. The van der Waals surface area contributed by atoms with E-state index >= 15 is 0 Å². The minimum atomic E-state index is -1.68. The number of carbonyl (C=O) groups is 2. The number of hydrogen-bond donors (Lipinski definition) is 0. The van der Waals surface area contributed by atoms with Crippen molar-refractivity contribution >= 4 is 11.8 Å². The molecule has 0 fully saturated rings. The van der Waals surface area contributed by atoms with E-state index in [1.165, 1.54) is 26.0 Å². The van der Waals surface area contributed by atoms with Crippen LogP contribution in [0.25, 0.3) is 0 Å². The van der Waals surface area contributed by atoms with Crippen LogP contribution >= 0.6 is 0 Å². The number of ketones is 1. The van der Waals surface area contributed by atoms with Gasteiger partial charge in [0.2, 0.25) is 0 Å². The Labute approximate surface area is 122 Å². The van der Waals surface area contributed by atoms with Crippen LogP contribution in [0.1, 0.15) is 36.7 Å². The van der Waals surface area contributed by atoms with Gasteiger partial charge < -0.3 is 14.2 Å². The fraction of sp³-hybridized carbons (Fsp3) is 0.467. The monoisotopic (exact) mass is 296 g/mol. The smallest absolute Gasteiger partial charge is 0.379 e. The maximum atomic E-state index is 14.2. The van der Waals surface area contributed by atoms with E-state index in [0.29, 0.717) is 6.61 Å². The lowest BCUT2D eigenvalue weighted by atomic mass is 9.95. The minimum Gasteiger partial charge on any atom is -0.486 e. The number of fused-ring (bicyclic) bond motifs is 1. The molecule has 1 aromatic rings. The Hall–Kier alpha value is -2.11. The van der Waals surface area contributed by atoms with Crippen molar-refractivity contribution in [1.29, 1.82) is 0 Å². The van der Waals surface area contributed by atoms with Crippen LogP contribution in [0.4, 0.5) is 4.39 Å². The summed E-state index contributed by atoms with van der Waals surface area (Å²) in [7, 11) is 0. The third-order valence-corrected chi connectivity index (χ3v) is 3.03. The molecule has 0 atom stereocenters. The molecule has 1 heterocycles. The van der Waals surface area contributed by atoms with E-state index in [4.69, 9.17) is 14.2 Å². The molecule has 0 N–H and O–H groups in total. The summed E-state index contributed by atoms with van der Waals surface area (Å²) in [6.45, 7) is 4.96. The van der Waals surface area contributed by atoms with Gasteiger partial charge >= 0.3 is 5.97 Å². The van der Waals surface area contributed by atoms with Gasteiger partial charge in [0.1, 0.15) is 18.9 Å². The van der Waals surface area contributed by atoms with E-state index in [1.807, 2.05) is 0 Å². The van der Waals surface area contributed by atoms with Crippen LogP contribution in [0.15, 0.2) is 12.1 Å². The van der Waals surface area contributed by atoms with Gasteiger partial charge in [-0.1, -0.05) is 0 Å². The van der Waals surface area contributed by atoms with Crippen LogP contribution in [0.2, 0.25) is 0 Å². The summed E-state index contributed by atoms with van der Waals surface area (Å²) in [6.07, 6.45) is 0. The van der Waals surface area contributed by atoms with Gasteiger partial charge in [0.05, 0.1) is 12.2 Å². The van der Waals surface area contributed by atoms with E-state index in [1.54, 1.807) is 6.92 Å². The largest absolute Gasteiger partial charge is 0.486 e. The molecule has 5 nitrogen and oxygen atoms in total. The second-order valence-corrected chi connectivity index (χ2v) is 5.07. The van der Waals surface area contributed by atoms with Gasteiger partial charge in [0, 0.05) is 0 Å². The van der Waals surface area contributed by atoms with E-state index < -0.39 is 17.4 Å². The Kier molecular flexibility index (Phi) is 4.16. The summed E-state index contributed by atoms with van der Waals surface area (Å²) in [5, 5.41) is 0. The summed E-state index contributed by atoms with van der Waals surface area (Å²) in [5.74, 6) is -1.45. The molecule has 2 rings (SSSR count). The number of hydrogen-bond acceptors (Lipinski definition) is 5. The zero-order valence-electron chi connectivity index (χ0n) is 12.2. The SMILES string of the molecule is CCOC(=O)C(=O)c1cc(C(C)(C)F)cc2c1OCCO2. The van der Waals surface area contributed by atoms with Gasteiger partial charge in [-0.2, -0.15) is 0 Å². The van der Waals surface area contributed by atoms with Crippen molar-refractivity contribution < 1.29 is 28.2 Å². The Morgan fingerprint density at radius 2 is 1.95 bits per heavy atom. The van der Waals surface area contributed by atoms with Crippen molar-refractivity contribution in [2.45, 2.75) is 26.4 Å². The minimum absolute atomic E-state index is 0.0358. The quantitative estimate of drug-likeness (QED) is 0.485. The lowest BCUT2D eigenvalue weighted by Crippen LogP contribution is -2.23. The zero-order chi connectivity index (χ0) is 15.6. The molecule has 21 heavy (non-hydrogen) atoms. The molecule has 6 heteroatoms. The van der Waals surface area contributed by atoms with E-state index in [0.717, 1.165) is 0 Å². The molecule has 0 bridgehead atoms.